The summed E-state index contributed by atoms with van der Waals surface area (Å²) in [6.45, 7) is 18.4. The SMILES string of the molecule is Cc1cccc(P(c2cccc(C)c2C)c2ccc3ccccc3c2-c2c(P(c3cccc(C)c3C)c3cccc(C)c3C)ccc3ccccc23)c1C. The zero-order valence-electron chi connectivity index (χ0n) is 32.8. The molecule has 0 saturated carbocycles. The summed E-state index contributed by atoms with van der Waals surface area (Å²) < 4.78 is 0. The van der Waals surface area contributed by atoms with E-state index in [1.54, 1.807) is 0 Å². The van der Waals surface area contributed by atoms with Gasteiger partial charge in [0.05, 0.1) is 0 Å². The molecule has 0 aliphatic heterocycles. The van der Waals surface area contributed by atoms with Gasteiger partial charge in [0.15, 0.2) is 0 Å². The summed E-state index contributed by atoms with van der Waals surface area (Å²) >= 11 is 0. The van der Waals surface area contributed by atoms with Crippen LogP contribution in [0.3, 0.4) is 0 Å². The van der Waals surface area contributed by atoms with Crippen molar-refractivity contribution in [1.82, 2.24) is 0 Å². The van der Waals surface area contributed by atoms with Crippen LogP contribution < -0.4 is 31.8 Å². The van der Waals surface area contributed by atoms with Crippen LogP contribution in [0.15, 0.2) is 146 Å². The highest BCUT2D eigenvalue weighted by molar-refractivity contribution is 7.81. The predicted molar refractivity (Wildman–Crippen MR) is 242 cm³/mol. The van der Waals surface area contributed by atoms with Crippen molar-refractivity contribution in [3.05, 3.63) is 190 Å². The zero-order valence-corrected chi connectivity index (χ0v) is 34.5. The number of hydrogen-bond acceptors (Lipinski definition) is 0. The fraction of sp³-hybridized carbons (Fsp3) is 0.154. The van der Waals surface area contributed by atoms with Crippen LogP contribution in [0, 0.1) is 55.4 Å². The molecule has 0 heterocycles. The van der Waals surface area contributed by atoms with E-state index in [-0.39, 0.29) is 0 Å². The third-order valence-corrected chi connectivity index (χ3v) is 17.4. The fourth-order valence-corrected chi connectivity index (χ4v) is 14.0. The molecule has 54 heavy (non-hydrogen) atoms. The summed E-state index contributed by atoms with van der Waals surface area (Å²) in [4.78, 5) is 0. The van der Waals surface area contributed by atoms with Gasteiger partial charge in [-0.15, -0.1) is 0 Å². The van der Waals surface area contributed by atoms with E-state index >= 15 is 0 Å². The van der Waals surface area contributed by atoms with Gasteiger partial charge in [-0.1, -0.05) is 146 Å². The Labute approximate surface area is 324 Å². The molecule has 8 rings (SSSR count). The first-order valence-electron chi connectivity index (χ1n) is 19.0. The molecule has 0 amide bonds. The molecule has 8 aromatic carbocycles. The van der Waals surface area contributed by atoms with Gasteiger partial charge in [-0.2, -0.15) is 0 Å². The summed E-state index contributed by atoms with van der Waals surface area (Å²) in [7, 11) is -1.90. The number of hydrogen-bond donors (Lipinski definition) is 0. The average molecular weight is 735 g/mol. The third kappa shape index (κ3) is 6.21. The molecule has 0 aromatic heterocycles. The van der Waals surface area contributed by atoms with Crippen LogP contribution in [0.1, 0.15) is 44.5 Å². The molecule has 0 aliphatic carbocycles. The lowest BCUT2D eigenvalue weighted by Gasteiger charge is -2.31. The van der Waals surface area contributed by atoms with Gasteiger partial charge >= 0.3 is 0 Å². The number of fused-ring (bicyclic) bond motifs is 2. The van der Waals surface area contributed by atoms with Crippen molar-refractivity contribution in [3.63, 3.8) is 0 Å². The minimum atomic E-state index is -0.949. The summed E-state index contributed by atoms with van der Waals surface area (Å²) in [5.74, 6) is 0. The zero-order chi connectivity index (χ0) is 37.7. The molecule has 0 bridgehead atoms. The first-order valence-corrected chi connectivity index (χ1v) is 21.7. The lowest BCUT2D eigenvalue weighted by Crippen LogP contribution is -2.29. The van der Waals surface area contributed by atoms with E-state index < -0.39 is 15.8 Å². The van der Waals surface area contributed by atoms with Crippen molar-refractivity contribution >= 4 is 69.2 Å². The van der Waals surface area contributed by atoms with E-state index in [9.17, 15) is 0 Å². The van der Waals surface area contributed by atoms with E-state index in [1.165, 1.54) is 109 Å². The molecule has 0 atom stereocenters. The van der Waals surface area contributed by atoms with Crippen molar-refractivity contribution in [2.24, 2.45) is 0 Å². The molecule has 0 nitrogen and oxygen atoms in total. The molecule has 0 fully saturated rings. The lowest BCUT2D eigenvalue weighted by molar-refractivity contribution is 1.36. The summed E-state index contributed by atoms with van der Waals surface area (Å²) in [5, 5.41) is 13.7. The largest absolute Gasteiger partial charge is 0.0616 e. The lowest BCUT2D eigenvalue weighted by atomic mass is 9.93. The van der Waals surface area contributed by atoms with Gasteiger partial charge < -0.3 is 0 Å². The second-order valence-electron chi connectivity index (χ2n) is 14.9. The summed E-state index contributed by atoms with van der Waals surface area (Å²) in [5.41, 5.74) is 13.6. The Morgan fingerprint density at radius 2 is 0.556 bits per heavy atom. The van der Waals surface area contributed by atoms with Gasteiger partial charge in [0.25, 0.3) is 0 Å². The van der Waals surface area contributed by atoms with Crippen LogP contribution in [0.25, 0.3) is 32.7 Å². The van der Waals surface area contributed by atoms with Crippen molar-refractivity contribution < 1.29 is 0 Å². The van der Waals surface area contributed by atoms with Crippen LogP contribution in [-0.4, -0.2) is 0 Å². The Balaban J connectivity index is 1.58. The third-order valence-electron chi connectivity index (χ3n) is 11.8. The molecule has 0 unspecified atom stereocenters. The second kappa shape index (κ2) is 14.8. The van der Waals surface area contributed by atoms with E-state index in [0.29, 0.717) is 0 Å². The number of benzene rings is 8. The van der Waals surface area contributed by atoms with E-state index in [4.69, 9.17) is 0 Å². The maximum absolute atomic E-state index is 2.48. The van der Waals surface area contributed by atoms with Gasteiger partial charge in [0.2, 0.25) is 0 Å². The molecule has 0 saturated heterocycles. The highest BCUT2D eigenvalue weighted by Gasteiger charge is 2.31. The van der Waals surface area contributed by atoms with Crippen LogP contribution in [0.5, 0.6) is 0 Å². The average Bonchev–Trinajstić information content (AvgIpc) is 3.18. The van der Waals surface area contributed by atoms with Gasteiger partial charge in [-0.25, -0.2) is 0 Å². The second-order valence-corrected chi connectivity index (χ2v) is 19.1. The Hall–Kier alpha value is -4.86. The van der Waals surface area contributed by atoms with Crippen molar-refractivity contribution in [3.8, 4) is 11.1 Å². The fourth-order valence-electron chi connectivity index (χ4n) is 8.11. The minimum Gasteiger partial charge on any atom is -0.0616 e. The molecular weight excluding hydrogens is 687 g/mol. The molecule has 2 heteroatoms. The highest BCUT2D eigenvalue weighted by Crippen LogP contribution is 2.47. The summed E-state index contributed by atoms with van der Waals surface area (Å²) in [6, 6.07) is 55.6. The van der Waals surface area contributed by atoms with E-state index in [2.05, 4.69) is 201 Å². The summed E-state index contributed by atoms with van der Waals surface area (Å²) in [6.07, 6.45) is 0. The standard InChI is InChI=1S/C52H48P2/c1-33-17-13-25-45(37(33)5)53(46-26-14-18-34(2)38(46)6)49-31-29-41-21-9-11-23-43(41)51(49)52-44-24-12-10-22-42(44)30-32-50(52)54(47-27-15-19-35(3)39(47)7)48-28-16-20-36(4)40(48)8/h9-32H,1-8H3. The molecule has 0 aliphatic rings. The highest BCUT2D eigenvalue weighted by atomic mass is 31.1. The normalized spacial score (nSPS) is 11.7. The molecule has 0 N–H and O–H groups in total. The Morgan fingerprint density at radius 3 is 0.870 bits per heavy atom. The van der Waals surface area contributed by atoms with Crippen molar-refractivity contribution in [2.75, 3.05) is 0 Å². The quantitative estimate of drug-likeness (QED) is 0.143. The minimum absolute atomic E-state index is 0.949. The topological polar surface area (TPSA) is 0 Å². The first kappa shape index (κ1) is 36.1. The van der Waals surface area contributed by atoms with Crippen LogP contribution in [0.2, 0.25) is 0 Å². The van der Waals surface area contributed by atoms with Gasteiger partial charge in [0, 0.05) is 0 Å². The Bertz CT molecular complexity index is 2430. The van der Waals surface area contributed by atoms with Crippen LogP contribution in [-0.2, 0) is 0 Å². The van der Waals surface area contributed by atoms with Crippen molar-refractivity contribution in [2.45, 2.75) is 55.4 Å². The van der Waals surface area contributed by atoms with Gasteiger partial charge in [-0.05, 0) is 180 Å². The molecule has 0 spiro atoms. The van der Waals surface area contributed by atoms with Crippen LogP contribution >= 0.6 is 15.8 Å². The number of rotatable bonds is 7. The van der Waals surface area contributed by atoms with E-state index in [0.717, 1.165) is 0 Å². The maximum atomic E-state index is 2.48. The Kier molecular flexibility index (Phi) is 9.87. The number of aryl methyl sites for hydroxylation is 4. The monoisotopic (exact) mass is 734 g/mol. The van der Waals surface area contributed by atoms with Gasteiger partial charge in [0.1, 0.15) is 0 Å². The predicted octanol–water partition coefficient (Wildman–Crippen LogP) is 11.6. The Morgan fingerprint density at radius 1 is 0.259 bits per heavy atom. The maximum Gasteiger partial charge on any atom is -0.000883 e. The van der Waals surface area contributed by atoms with Gasteiger partial charge in [-0.3, -0.25) is 0 Å². The molecule has 266 valence electrons. The molecule has 0 radical (unpaired) electrons. The molecule has 8 aromatic rings. The van der Waals surface area contributed by atoms with E-state index in [1.807, 2.05) is 0 Å². The smallest absolute Gasteiger partial charge is 0.000883 e. The van der Waals surface area contributed by atoms with Crippen molar-refractivity contribution in [1.29, 1.82) is 0 Å². The first-order chi connectivity index (χ1) is 26.2. The molecular formula is C52H48P2. The van der Waals surface area contributed by atoms with Crippen LogP contribution in [0.4, 0.5) is 0 Å².